The molecule has 1 saturated carbocycles. The Labute approximate surface area is 234 Å². The summed E-state index contributed by atoms with van der Waals surface area (Å²) in [4.78, 5) is 55.0. The zero-order chi connectivity index (χ0) is 30.5. The Morgan fingerprint density at radius 3 is 2.32 bits per heavy atom. The number of nitrogens with zero attached hydrogens (tertiary/aromatic N) is 2. The van der Waals surface area contributed by atoms with Crippen LogP contribution < -0.4 is 11.1 Å². The fraction of sp³-hybridized carbons (Fsp3) is 0.500. The first-order chi connectivity index (χ1) is 18.9. The molecule has 3 aliphatic carbocycles. The minimum absolute atomic E-state index is 0.0163. The van der Waals surface area contributed by atoms with E-state index in [0.29, 0.717) is 0 Å². The van der Waals surface area contributed by atoms with Crippen molar-refractivity contribution < 1.29 is 44.0 Å². The Morgan fingerprint density at radius 1 is 1.12 bits per heavy atom. The van der Waals surface area contributed by atoms with Crippen molar-refractivity contribution in [1.29, 1.82) is 0 Å². The summed E-state index contributed by atoms with van der Waals surface area (Å²) in [6.07, 6.45) is -0.349. The van der Waals surface area contributed by atoms with E-state index in [4.69, 9.17) is 5.73 Å². The van der Waals surface area contributed by atoms with Crippen molar-refractivity contribution in [3.8, 4) is 5.75 Å². The molecule has 0 saturated heterocycles. The number of phenolic OH excluding ortho intramolecular Hbond substituents is 1. The van der Waals surface area contributed by atoms with E-state index in [1.807, 2.05) is 20.8 Å². The molecular formula is C28H33FN4O8. The fourth-order valence-corrected chi connectivity index (χ4v) is 6.75. The Bertz CT molecular complexity index is 1510. The SMILES string of the molecule is CN(C)[C@@H]1C(=O)C(C(N)=O)=C(O)[C@@]2(O)C(=O)C3=C(O)c4c(O)c5c(c(F)c4C[C@H]3C[C@@H]12)CN(C(C)(C)C)CC(=O)N5. The molecule has 220 valence electrons. The number of halogens is 1. The molecule has 1 aromatic carbocycles. The minimum Gasteiger partial charge on any atom is -0.508 e. The number of carbonyl (C=O) groups excluding carboxylic acids is 4. The summed E-state index contributed by atoms with van der Waals surface area (Å²) in [5, 5.41) is 47.8. The number of primary amides is 1. The van der Waals surface area contributed by atoms with Crippen LogP contribution >= 0.6 is 0 Å². The molecule has 1 aromatic rings. The normalized spacial score (nSPS) is 28.6. The van der Waals surface area contributed by atoms with Crippen LogP contribution in [0.3, 0.4) is 0 Å². The van der Waals surface area contributed by atoms with Crippen molar-refractivity contribution in [2.24, 2.45) is 17.6 Å². The van der Waals surface area contributed by atoms with E-state index in [-0.39, 0.29) is 42.7 Å². The number of Topliss-reactive ketones (excluding diaryl/α,β-unsaturated/α-hetero) is 2. The molecule has 0 spiro atoms. The third-order valence-corrected chi connectivity index (χ3v) is 8.82. The van der Waals surface area contributed by atoms with E-state index < -0.39 is 92.2 Å². The maximum Gasteiger partial charge on any atom is 0.255 e. The second-order valence-corrected chi connectivity index (χ2v) is 12.4. The molecule has 1 fully saturated rings. The van der Waals surface area contributed by atoms with Gasteiger partial charge in [-0.1, -0.05) is 0 Å². The van der Waals surface area contributed by atoms with E-state index in [1.54, 1.807) is 4.90 Å². The van der Waals surface area contributed by atoms with Gasteiger partial charge in [0, 0.05) is 34.7 Å². The summed E-state index contributed by atoms with van der Waals surface area (Å²) in [7, 11) is 2.99. The molecule has 5 rings (SSSR count). The van der Waals surface area contributed by atoms with Crippen molar-refractivity contribution in [2.75, 3.05) is 26.0 Å². The smallest absolute Gasteiger partial charge is 0.255 e. The van der Waals surface area contributed by atoms with Crippen molar-refractivity contribution in [1.82, 2.24) is 9.80 Å². The van der Waals surface area contributed by atoms with Crippen molar-refractivity contribution in [3.05, 3.63) is 39.4 Å². The van der Waals surface area contributed by atoms with E-state index in [2.05, 4.69) is 5.32 Å². The highest BCUT2D eigenvalue weighted by molar-refractivity contribution is 6.24. The van der Waals surface area contributed by atoms with E-state index in [1.165, 1.54) is 19.0 Å². The van der Waals surface area contributed by atoms with Gasteiger partial charge >= 0.3 is 0 Å². The van der Waals surface area contributed by atoms with Crippen LogP contribution in [0.25, 0.3) is 5.76 Å². The second-order valence-electron chi connectivity index (χ2n) is 12.4. The third-order valence-electron chi connectivity index (χ3n) is 8.82. The first-order valence-corrected chi connectivity index (χ1v) is 13.2. The molecule has 41 heavy (non-hydrogen) atoms. The number of anilines is 1. The Kier molecular flexibility index (Phi) is 6.37. The monoisotopic (exact) mass is 572 g/mol. The van der Waals surface area contributed by atoms with Crippen LogP contribution in [0.2, 0.25) is 0 Å². The average Bonchev–Trinajstić information content (AvgIpc) is 3.03. The van der Waals surface area contributed by atoms with Crippen LogP contribution in [0.1, 0.15) is 43.9 Å². The van der Waals surface area contributed by atoms with Crippen LogP contribution in [-0.4, -0.2) is 91.4 Å². The molecule has 4 atom stereocenters. The largest absolute Gasteiger partial charge is 0.508 e. The number of carbonyl (C=O) groups is 4. The Morgan fingerprint density at radius 2 is 1.76 bits per heavy atom. The topological polar surface area (TPSA) is 194 Å². The molecule has 2 amide bonds. The van der Waals surface area contributed by atoms with Gasteiger partial charge in [0.05, 0.1) is 23.8 Å². The number of nitrogens with one attached hydrogen (secondary N) is 1. The van der Waals surface area contributed by atoms with E-state index in [0.717, 1.165) is 0 Å². The number of hydrogen-bond donors (Lipinski definition) is 6. The van der Waals surface area contributed by atoms with Gasteiger partial charge in [0.1, 0.15) is 22.9 Å². The van der Waals surface area contributed by atoms with Crippen molar-refractivity contribution in [3.63, 3.8) is 0 Å². The quantitative estimate of drug-likeness (QED) is 0.216. The number of ketones is 2. The van der Waals surface area contributed by atoms with E-state index in [9.17, 15) is 39.6 Å². The number of likely N-dealkylation sites (N-methyl/N-ethyl adjacent to an activating group) is 1. The number of aromatic hydroxyl groups is 1. The summed E-state index contributed by atoms with van der Waals surface area (Å²) in [5.74, 6) is -9.56. The van der Waals surface area contributed by atoms with Gasteiger partial charge < -0.3 is 31.5 Å². The molecule has 4 aliphatic rings. The number of fused-ring (bicyclic) bond motifs is 4. The lowest BCUT2D eigenvalue weighted by atomic mass is 9.57. The fourth-order valence-electron chi connectivity index (χ4n) is 6.75. The lowest BCUT2D eigenvalue weighted by Crippen LogP contribution is -2.65. The number of rotatable bonds is 2. The van der Waals surface area contributed by atoms with Gasteiger partial charge in [-0.25, -0.2) is 4.39 Å². The first kappa shape index (κ1) is 28.7. The summed E-state index contributed by atoms with van der Waals surface area (Å²) < 4.78 is 16.3. The lowest BCUT2D eigenvalue weighted by molar-refractivity contribution is -0.153. The van der Waals surface area contributed by atoms with Gasteiger partial charge in [0.25, 0.3) is 5.91 Å². The van der Waals surface area contributed by atoms with Crippen LogP contribution in [0.5, 0.6) is 5.75 Å². The van der Waals surface area contributed by atoms with Gasteiger partial charge in [0.2, 0.25) is 11.7 Å². The maximum atomic E-state index is 16.3. The first-order valence-electron chi connectivity index (χ1n) is 13.2. The van der Waals surface area contributed by atoms with Crippen LogP contribution in [-0.2, 0) is 32.1 Å². The number of aliphatic hydroxyl groups is 3. The van der Waals surface area contributed by atoms with Crippen LogP contribution in [0, 0.1) is 17.7 Å². The summed E-state index contributed by atoms with van der Waals surface area (Å²) in [6.45, 7) is 5.46. The average molecular weight is 573 g/mol. The van der Waals surface area contributed by atoms with Crippen molar-refractivity contribution >= 4 is 34.8 Å². The van der Waals surface area contributed by atoms with Gasteiger partial charge in [0.15, 0.2) is 17.1 Å². The highest BCUT2D eigenvalue weighted by Gasteiger charge is 2.64. The molecule has 1 heterocycles. The summed E-state index contributed by atoms with van der Waals surface area (Å²) in [5.41, 5.74) is -0.0408. The van der Waals surface area contributed by atoms with Gasteiger partial charge in [-0.05, 0) is 53.6 Å². The molecule has 0 bridgehead atoms. The van der Waals surface area contributed by atoms with Crippen molar-refractivity contribution in [2.45, 2.75) is 57.3 Å². The predicted molar refractivity (Wildman–Crippen MR) is 143 cm³/mol. The molecule has 7 N–H and O–H groups in total. The minimum atomic E-state index is -2.80. The Balaban J connectivity index is 1.73. The number of phenols is 1. The predicted octanol–water partition coefficient (Wildman–Crippen LogP) is 0.656. The summed E-state index contributed by atoms with van der Waals surface area (Å²) in [6, 6.07) is -1.24. The third kappa shape index (κ3) is 3.90. The highest BCUT2D eigenvalue weighted by atomic mass is 19.1. The molecule has 13 heteroatoms. The zero-order valence-corrected chi connectivity index (χ0v) is 23.3. The highest BCUT2D eigenvalue weighted by Crippen LogP contribution is 2.54. The van der Waals surface area contributed by atoms with Crippen LogP contribution in [0.4, 0.5) is 10.1 Å². The van der Waals surface area contributed by atoms with Crippen LogP contribution in [0.15, 0.2) is 16.9 Å². The standard InChI is InChI=1S/C28H33FN4O8/c1-27(2,3)33-8-12-18(29)11-6-10-7-13-20(32(4)5)23(37)17(26(30)40)25(39)28(13,41)24(38)15(10)21(35)16(11)22(36)19(12)31-14(34)9-33/h10,13,20,35-36,39,41H,6-9H2,1-5H3,(H2,30,40)(H,31,34)/t10-,13-,20-,28-/m0/s1. The number of aliphatic hydroxyl groups excluding tert-OH is 2. The van der Waals surface area contributed by atoms with Gasteiger partial charge in [-0.3, -0.25) is 29.0 Å². The lowest BCUT2D eigenvalue weighted by Gasteiger charge is -2.50. The molecular weight excluding hydrogens is 539 g/mol. The zero-order valence-electron chi connectivity index (χ0n) is 23.3. The van der Waals surface area contributed by atoms with E-state index >= 15 is 4.39 Å². The number of nitrogens with two attached hydrogens (primary N) is 1. The molecule has 12 nitrogen and oxygen atoms in total. The number of benzene rings is 1. The number of hydrogen-bond acceptors (Lipinski definition) is 10. The second kappa shape index (κ2) is 9.10. The maximum absolute atomic E-state index is 16.3. The van der Waals surface area contributed by atoms with Gasteiger partial charge in [-0.15, -0.1) is 0 Å². The molecule has 0 unspecified atom stereocenters. The Hall–Kier alpha value is -3.81. The van der Waals surface area contributed by atoms with Gasteiger partial charge in [-0.2, -0.15) is 0 Å². The molecule has 0 aromatic heterocycles. The molecule has 0 radical (unpaired) electrons. The molecule has 1 aliphatic heterocycles. The number of amides is 2. The summed E-state index contributed by atoms with van der Waals surface area (Å²) >= 11 is 0.